The standard InChI is InChI=1S/C25H18Cl2N8O4/c26-16-3-6-19(34-12-28-32-33-34)18(10-16)15-9-14-7-8-25(38,21(14)35(39)11-15)23-30-20(22(27)31-23)13-1-4-17(5-2-13)29-24(36)37/h1-6,9-12,29,38H,7-8H2,(H,30,31)(H,36,37)/t25-/m0/s1. The number of anilines is 1. The van der Waals surface area contributed by atoms with Crippen molar-refractivity contribution >= 4 is 35.0 Å². The quantitative estimate of drug-likeness (QED) is 0.184. The van der Waals surface area contributed by atoms with Crippen molar-refractivity contribution in [1.29, 1.82) is 0 Å². The second-order valence-electron chi connectivity index (χ2n) is 8.96. The van der Waals surface area contributed by atoms with E-state index < -0.39 is 11.7 Å². The maximum Gasteiger partial charge on any atom is 0.409 e. The molecule has 0 saturated heterocycles. The van der Waals surface area contributed by atoms with Gasteiger partial charge in [0.15, 0.2) is 12.0 Å². The first-order chi connectivity index (χ1) is 18.7. The number of halogens is 2. The maximum atomic E-state index is 13.4. The molecule has 0 aliphatic heterocycles. The minimum absolute atomic E-state index is 0.128. The number of aromatic nitrogens is 7. The van der Waals surface area contributed by atoms with Crippen LogP contribution in [0.5, 0.6) is 0 Å². The third-order valence-corrected chi connectivity index (χ3v) is 7.09. The fourth-order valence-corrected chi connectivity index (χ4v) is 5.27. The van der Waals surface area contributed by atoms with E-state index >= 15 is 0 Å². The van der Waals surface area contributed by atoms with E-state index in [2.05, 4.69) is 30.8 Å². The summed E-state index contributed by atoms with van der Waals surface area (Å²) < 4.78 is 2.12. The van der Waals surface area contributed by atoms with Crippen LogP contribution in [0.1, 0.15) is 23.5 Å². The Balaban J connectivity index is 1.38. The normalized spacial score (nSPS) is 16.3. The number of hydrogen-bond acceptors (Lipinski definition) is 7. The molecule has 0 unspecified atom stereocenters. The van der Waals surface area contributed by atoms with Crippen LogP contribution in [-0.4, -0.2) is 46.5 Å². The van der Waals surface area contributed by atoms with E-state index in [0.717, 1.165) is 0 Å². The number of benzene rings is 2. The highest BCUT2D eigenvalue weighted by Crippen LogP contribution is 2.42. The largest absolute Gasteiger partial charge is 0.618 e. The first-order valence-electron chi connectivity index (χ1n) is 11.6. The number of carbonyl (C=O) groups is 1. The third kappa shape index (κ3) is 4.34. The summed E-state index contributed by atoms with van der Waals surface area (Å²) in [6.07, 6.45) is 2.24. The van der Waals surface area contributed by atoms with Crippen molar-refractivity contribution in [2.24, 2.45) is 0 Å². The minimum atomic E-state index is -1.71. The lowest BCUT2D eigenvalue weighted by molar-refractivity contribution is -0.620. The molecule has 0 fully saturated rings. The molecule has 14 heteroatoms. The Morgan fingerprint density at radius 1 is 1.15 bits per heavy atom. The van der Waals surface area contributed by atoms with Gasteiger partial charge in [0.25, 0.3) is 0 Å². The number of tetrazole rings is 1. The van der Waals surface area contributed by atoms with Crippen LogP contribution in [-0.2, 0) is 12.0 Å². The summed E-state index contributed by atoms with van der Waals surface area (Å²) in [5, 5.41) is 48.2. The lowest BCUT2D eigenvalue weighted by atomic mass is 9.98. The zero-order valence-electron chi connectivity index (χ0n) is 19.8. The van der Waals surface area contributed by atoms with Crippen LogP contribution in [0.2, 0.25) is 10.2 Å². The summed E-state index contributed by atoms with van der Waals surface area (Å²) in [6.45, 7) is 0. The van der Waals surface area contributed by atoms with E-state index in [4.69, 9.17) is 28.3 Å². The molecule has 3 aromatic heterocycles. The highest BCUT2D eigenvalue weighted by atomic mass is 35.5. The van der Waals surface area contributed by atoms with Crippen molar-refractivity contribution in [1.82, 2.24) is 30.2 Å². The summed E-state index contributed by atoms with van der Waals surface area (Å²) in [4.78, 5) is 18.3. The molecular weight excluding hydrogens is 547 g/mol. The Kier molecular flexibility index (Phi) is 5.94. The number of carboxylic acid groups (broad SMARTS) is 1. The highest BCUT2D eigenvalue weighted by Gasteiger charge is 2.49. The topological polar surface area (TPSA) is 169 Å². The SMILES string of the molecule is O=C(O)Nc1ccc(-c2nc([C@]3(O)CCc4cc(-c5cc(Cl)ccc5-n5cnnn5)c[n+]([O-])c43)[nH]c2Cl)cc1. The maximum absolute atomic E-state index is 13.4. The van der Waals surface area contributed by atoms with Gasteiger partial charge in [0.1, 0.15) is 17.2 Å². The predicted molar refractivity (Wildman–Crippen MR) is 141 cm³/mol. The van der Waals surface area contributed by atoms with E-state index in [-0.39, 0.29) is 23.1 Å². The monoisotopic (exact) mass is 564 g/mol. The number of amides is 1. The molecule has 6 rings (SSSR count). The lowest BCUT2D eigenvalue weighted by Gasteiger charge is -2.20. The smallest absolute Gasteiger partial charge is 0.409 e. The Labute approximate surface area is 230 Å². The Morgan fingerprint density at radius 2 is 1.95 bits per heavy atom. The first-order valence-corrected chi connectivity index (χ1v) is 12.4. The van der Waals surface area contributed by atoms with Crippen LogP contribution in [0, 0.1) is 5.21 Å². The number of rotatable bonds is 5. The van der Waals surface area contributed by atoms with Crippen LogP contribution in [0.3, 0.4) is 0 Å². The Bertz CT molecular complexity index is 1720. The highest BCUT2D eigenvalue weighted by molar-refractivity contribution is 6.32. The van der Waals surface area contributed by atoms with Gasteiger partial charge in [0.2, 0.25) is 11.3 Å². The molecule has 5 aromatic rings. The van der Waals surface area contributed by atoms with E-state index in [1.807, 2.05) is 6.07 Å². The third-order valence-electron chi connectivity index (χ3n) is 6.58. The summed E-state index contributed by atoms with van der Waals surface area (Å²) in [7, 11) is 0. The summed E-state index contributed by atoms with van der Waals surface area (Å²) in [6, 6.07) is 13.4. The van der Waals surface area contributed by atoms with Crippen LogP contribution in [0.15, 0.2) is 61.1 Å². The number of H-pyrrole nitrogens is 1. The molecule has 3 heterocycles. The number of hydrogen-bond donors (Lipinski definition) is 4. The molecule has 1 atom stereocenters. The molecule has 1 amide bonds. The van der Waals surface area contributed by atoms with Gasteiger partial charge in [-0.2, -0.15) is 9.41 Å². The van der Waals surface area contributed by atoms with Gasteiger partial charge in [0.05, 0.1) is 5.69 Å². The van der Waals surface area contributed by atoms with Crippen molar-refractivity contribution in [2.75, 3.05) is 5.32 Å². The van der Waals surface area contributed by atoms with Crippen LogP contribution < -0.4 is 10.0 Å². The molecule has 196 valence electrons. The first kappa shape index (κ1) is 24.8. The van der Waals surface area contributed by atoms with Gasteiger partial charge in [-0.15, -0.1) is 5.10 Å². The van der Waals surface area contributed by atoms with E-state index in [0.29, 0.717) is 55.5 Å². The fourth-order valence-electron chi connectivity index (χ4n) is 4.86. The lowest BCUT2D eigenvalue weighted by Crippen LogP contribution is -2.42. The Hall–Kier alpha value is -4.52. The van der Waals surface area contributed by atoms with Crippen molar-refractivity contribution in [2.45, 2.75) is 18.4 Å². The molecular formula is C25H18Cl2N8O4. The molecule has 0 spiro atoms. The number of nitrogens with zero attached hydrogens (tertiary/aromatic N) is 6. The predicted octanol–water partition coefficient (Wildman–Crippen LogP) is 3.93. The number of aromatic amines is 1. The minimum Gasteiger partial charge on any atom is -0.618 e. The summed E-state index contributed by atoms with van der Waals surface area (Å²) in [5.74, 6) is 0.128. The van der Waals surface area contributed by atoms with Crippen molar-refractivity contribution in [3.63, 3.8) is 0 Å². The summed E-state index contributed by atoms with van der Waals surface area (Å²) in [5.41, 5.74) is 2.26. The molecule has 39 heavy (non-hydrogen) atoms. The second kappa shape index (κ2) is 9.34. The fraction of sp³-hybridized carbons (Fsp3) is 0.120. The van der Waals surface area contributed by atoms with Gasteiger partial charge in [0, 0.05) is 33.0 Å². The molecule has 12 nitrogen and oxygen atoms in total. The average Bonchev–Trinajstić information content (AvgIpc) is 3.64. The number of imidazole rings is 1. The average molecular weight is 565 g/mol. The van der Waals surface area contributed by atoms with Gasteiger partial charge < -0.3 is 20.4 Å². The van der Waals surface area contributed by atoms with Gasteiger partial charge in [-0.25, -0.2) is 9.78 Å². The van der Waals surface area contributed by atoms with Crippen molar-refractivity contribution in [3.8, 4) is 28.1 Å². The zero-order valence-corrected chi connectivity index (χ0v) is 21.3. The number of aliphatic hydroxyl groups is 1. The van der Waals surface area contributed by atoms with Crippen LogP contribution in [0.4, 0.5) is 10.5 Å². The van der Waals surface area contributed by atoms with Crippen LogP contribution >= 0.6 is 23.2 Å². The van der Waals surface area contributed by atoms with E-state index in [1.54, 1.807) is 42.5 Å². The van der Waals surface area contributed by atoms with E-state index in [1.165, 1.54) is 17.2 Å². The van der Waals surface area contributed by atoms with Gasteiger partial charge in [-0.3, -0.25) is 5.32 Å². The number of fused-ring (bicyclic) bond motifs is 1. The molecule has 0 radical (unpaired) electrons. The number of nitrogens with one attached hydrogen (secondary N) is 2. The zero-order chi connectivity index (χ0) is 27.3. The second-order valence-corrected chi connectivity index (χ2v) is 9.77. The van der Waals surface area contributed by atoms with Gasteiger partial charge in [-0.05, 0) is 59.7 Å². The molecule has 4 N–H and O–H groups in total. The Morgan fingerprint density at radius 3 is 2.67 bits per heavy atom. The van der Waals surface area contributed by atoms with Crippen molar-refractivity contribution < 1.29 is 19.7 Å². The van der Waals surface area contributed by atoms with E-state index in [9.17, 15) is 15.1 Å². The van der Waals surface area contributed by atoms with Gasteiger partial charge in [-0.1, -0.05) is 35.3 Å². The number of aryl methyl sites for hydroxylation is 1. The molecule has 0 saturated carbocycles. The van der Waals surface area contributed by atoms with Crippen LogP contribution in [0.25, 0.3) is 28.1 Å². The molecule has 2 aromatic carbocycles. The number of pyridine rings is 1. The molecule has 1 aliphatic carbocycles. The van der Waals surface area contributed by atoms with Crippen molar-refractivity contribution in [3.05, 3.63) is 93.5 Å². The summed E-state index contributed by atoms with van der Waals surface area (Å²) >= 11 is 12.7. The molecule has 1 aliphatic rings. The molecule has 0 bridgehead atoms. The van der Waals surface area contributed by atoms with Gasteiger partial charge >= 0.3 is 6.09 Å².